The number of sulfonamides is 1. The number of nitrogens with two attached hydrogens (primary N) is 1. The number of ether oxygens (including phenoxy) is 1. The molecule has 3 rings (SSSR count). The molecule has 0 saturated carbocycles. The number of aromatic amines is 1. The summed E-state index contributed by atoms with van der Waals surface area (Å²) in [6.07, 6.45) is 3.91. The molecule has 1 amide bonds. The van der Waals surface area contributed by atoms with Gasteiger partial charge in [0.15, 0.2) is 0 Å². The molecule has 1 saturated heterocycles. The number of hydrogen-bond donors (Lipinski definition) is 2. The Bertz CT molecular complexity index is 933. The molecule has 0 unspecified atom stereocenters. The molecule has 1 aliphatic rings. The molecular weight excluding hydrogens is 434 g/mol. The van der Waals surface area contributed by atoms with Crippen LogP contribution in [0.2, 0.25) is 0 Å². The van der Waals surface area contributed by atoms with Crippen molar-refractivity contribution in [1.82, 2.24) is 9.29 Å². The monoisotopic (exact) mass is 457 g/mol. The first kappa shape index (κ1) is 20.3. The van der Waals surface area contributed by atoms with Crippen molar-refractivity contribution in [2.45, 2.75) is 25.2 Å². The fraction of sp³-hybridized carbons (Fsp3) is 0.500. The van der Waals surface area contributed by atoms with E-state index >= 15 is 0 Å². The maximum atomic E-state index is 12.4. The highest BCUT2D eigenvalue weighted by Crippen LogP contribution is 2.36. The highest BCUT2D eigenvalue weighted by molar-refractivity contribution is 9.10. The van der Waals surface area contributed by atoms with E-state index in [0.717, 1.165) is 33.8 Å². The van der Waals surface area contributed by atoms with Crippen molar-refractivity contribution in [2.75, 3.05) is 32.6 Å². The Morgan fingerprint density at radius 1 is 1.37 bits per heavy atom. The molecule has 1 aromatic carbocycles. The van der Waals surface area contributed by atoms with Gasteiger partial charge in [0, 0.05) is 42.9 Å². The summed E-state index contributed by atoms with van der Waals surface area (Å²) in [4.78, 5) is 14.9. The van der Waals surface area contributed by atoms with E-state index in [9.17, 15) is 13.2 Å². The van der Waals surface area contributed by atoms with Crippen molar-refractivity contribution in [2.24, 2.45) is 5.73 Å². The third-order valence-electron chi connectivity index (χ3n) is 5.09. The molecule has 1 fully saturated rings. The third-order valence-corrected chi connectivity index (χ3v) is 7.50. The third kappa shape index (κ3) is 4.37. The molecule has 0 spiro atoms. The molecule has 9 heteroatoms. The van der Waals surface area contributed by atoms with Crippen LogP contribution in [0.4, 0.5) is 0 Å². The number of halogens is 1. The number of amides is 1. The molecular formula is C18H24BrN3O4S. The molecule has 2 aromatic rings. The lowest BCUT2D eigenvalue weighted by atomic mass is 9.89. The largest absolute Gasteiger partial charge is 0.385 e. The van der Waals surface area contributed by atoms with Crippen molar-refractivity contribution < 1.29 is 17.9 Å². The lowest BCUT2D eigenvalue weighted by molar-refractivity contribution is 0.100. The highest BCUT2D eigenvalue weighted by Gasteiger charge is 2.29. The topological polar surface area (TPSA) is 105 Å². The van der Waals surface area contributed by atoms with Crippen LogP contribution in [-0.2, 0) is 14.8 Å². The predicted octanol–water partition coefficient (Wildman–Crippen LogP) is 2.58. The molecule has 0 atom stereocenters. The Hall–Kier alpha value is -1.42. The van der Waals surface area contributed by atoms with Gasteiger partial charge >= 0.3 is 0 Å². The first-order valence-corrected chi connectivity index (χ1v) is 11.3. The van der Waals surface area contributed by atoms with E-state index < -0.39 is 15.9 Å². The number of rotatable bonds is 7. The van der Waals surface area contributed by atoms with E-state index in [0.29, 0.717) is 31.7 Å². The number of H-pyrrole nitrogens is 1. The standard InChI is InChI=1S/C18H24BrN3O4S/c1-26-7-2-8-27(24,25)22-5-3-12(4-6-22)16-11-21-17-14(16)9-13(19)10-15(17)18(20)23/h9-12,21H,2-8H2,1H3,(H2,20,23). The fourth-order valence-electron chi connectivity index (χ4n) is 3.71. The van der Waals surface area contributed by atoms with Gasteiger partial charge in [-0.2, -0.15) is 0 Å². The maximum Gasteiger partial charge on any atom is 0.250 e. The van der Waals surface area contributed by atoms with E-state index in [1.165, 1.54) is 0 Å². The number of piperidine rings is 1. The Balaban J connectivity index is 1.76. The van der Waals surface area contributed by atoms with Gasteiger partial charge in [-0.25, -0.2) is 12.7 Å². The van der Waals surface area contributed by atoms with Crippen LogP contribution in [0.3, 0.4) is 0 Å². The van der Waals surface area contributed by atoms with E-state index in [1.54, 1.807) is 17.5 Å². The average Bonchev–Trinajstić information content (AvgIpc) is 3.04. The molecule has 1 aromatic heterocycles. The molecule has 2 heterocycles. The van der Waals surface area contributed by atoms with Gasteiger partial charge in [-0.05, 0) is 42.9 Å². The second-order valence-electron chi connectivity index (χ2n) is 6.82. The summed E-state index contributed by atoms with van der Waals surface area (Å²) < 4.78 is 32.2. The Kier molecular flexibility index (Phi) is 6.25. The minimum atomic E-state index is -3.24. The molecule has 27 heavy (non-hydrogen) atoms. The van der Waals surface area contributed by atoms with Crippen LogP contribution in [0.1, 0.15) is 41.1 Å². The molecule has 7 nitrogen and oxygen atoms in total. The van der Waals surface area contributed by atoms with Crippen molar-refractivity contribution >= 4 is 42.8 Å². The first-order chi connectivity index (χ1) is 12.8. The van der Waals surface area contributed by atoms with E-state index in [2.05, 4.69) is 20.9 Å². The minimum Gasteiger partial charge on any atom is -0.385 e. The number of nitrogens with one attached hydrogen (secondary N) is 1. The van der Waals surface area contributed by atoms with Crippen molar-refractivity contribution in [3.63, 3.8) is 0 Å². The van der Waals surface area contributed by atoms with Crippen LogP contribution in [0.15, 0.2) is 22.8 Å². The number of methoxy groups -OCH3 is 1. The van der Waals surface area contributed by atoms with Crippen LogP contribution in [0.5, 0.6) is 0 Å². The van der Waals surface area contributed by atoms with Gasteiger partial charge in [0.05, 0.1) is 16.8 Å². The van der Waals surface area contributed by atoms with Crippen molar-refractivity contribution in [3.05, 3.63) is 33.9 Å². The van der Waals surface area contributed by atoms with Gasteiger partial charge < -0.3 is 15.5 Å². The van der Waals surface area contributed by atoms with Crippen LogP contribution < -0.4 is 5.73 Å². The zero-order valence-electron chi connectivity index (χ0n) is 15.2. The Morgan fingerprint density at radius 2 is 2.07 bits per heavy atom. The second-order valence-corrected chi connectivity index (χ2v) is 9.82. The Morgan fingerprint density at radius 3 is 2.70 bits per heavy atom. The first-order valence-electron chi connectivity index (χ1n) is 8.90. The SMILES string of the molecule is COCCCS(=O)(=O)N1CCC(c2c[nH]c3c(C(N)=O)cc(Br)cc23)CC1. The van der Waals surface area contributed by atoms with E-state index in [-0.39, 0.29) is 11.7 Å². The second kappa shape index (κ2) is 8.30. The zero-order valence-corrected chi connectivity index (χ0v) is 17.6. The van der Waals surface area contributed by atoms with Gasteiger partial charge in [0.1, 0.15) is 0 Å². The molecule has 3 N–H and O–H groups in total. The van der Waals surface area contributed by atoms with Gasteiger partial charge in [-0.1, -0.05) is 15.9 Å². The van der Waals surface area contributed by atoms with Crippen LogP contribution in [-0.4, -0.2) is 56.2 Å². The lowest BCUT2D eigenvalue weighted by Gasteiger charge is -2.31. The summed E-state index contributed by atoms with van der Waals surface area (Å²) in [7, 11) is -1.67. The molecule has 0 radical (unpaired) electrons. The van der Waals surface area contributed by atoms with Gasteiger partial charge in [0.2, 0.25) is 10.0 Å². The number of benzene rings is 1. The normalized spacial score (nSPS) is 16.8. The van der Waals surface area contributed by atoms with Crippen LogP contribution in [0, 0.1) is 0 Å². The van der Waals surface area contributed by atoms with Gasteiger partial charge in [-0.3, -0.25) is 4.79 Å². The number of primary amides is 1. The summed E-state index contributed by atoms with van der Waals surface area (Å²) >= 11 is 3.44. The zero-order chi connectivity index (χ0) is 19.6. The van der Waals surface area contributed by atoms with E-state index in [1.807, 2.05) is 12.3 Å². The predicted molar refractivity (Wildman–Crippen MR) is 108 cm³/mol. The number of aromatic nitrogens is 1. The molecule has 148 valence electrons. The summed E-state index contributed by atoms with van der Waals surface area (Å²) in [6.45, 7) is 1.45. The summed E-state index contributed by atoms with van der Waals surface area (Å²) in [5.41, 5.74) is 7.77. The number of nitrogens with zero attached hydrogens (tertiary/aromatic N) is 1. The number of fused-ring (bicyclic) bond motifs is 1. The average molecular weight is 458 g/mol. The Labute approximate surface area is 167 Å². The van der Waals surface area contributed by atoms with Gasteiger partial charge in [0.25, 0.3) is 5.91 Å². The van der Waals surface area contributed by atoms with Crippen LogP contribution in [0.25, 0.3) is 10.9 Å². The van der Waals surface area contributed by atoms with Gasteiger partial charge in [-0.15, -0.1) is 0 Å². The number of hydrogen-bond acceptors (Lipinski definition) is 4. The summed E-state index contributed by atoms with van der Waals surface area (Å²) in [5.74, 6) is -0.126. The summed E-state index contributed by atoms with van der Waals surface area (Å²) in [5, 5.41) is 0.958. The fourth-order valence-corrected chi connectivity index (χ4v) is 5.68. The van der Waals surface area contributed by atoms with Crippen LogP contribution >= 0.6 is 15.9 Å². The highest BCUT2D eigenvalue weighted by atomic mass is 79.9. The lowest BCUT2D eigenvalue weighted by Crippen LogP contribution is -2.39. The summed E-state index contributed by atoms with van der Waals surface area (Å²) in [6, 6.07) is 3.68. The smallest absolute Gasteiger partial charge is 0.250 e. The molecule has 0 aliphatic carbocycles. The molecule has 1 aliphatic heterocycles. The minimum absolute atomic E-state index is 0.119. The van der Waals surface area contributed by atoms with E-state index in [4.69, 9.17) is 10.5 Å². The molecule has 0 bridgehead atoms. The van der Waals surface area contributed by atoms with Crippen molar-refractivity contribution in [1.29, 1.82) is 0 Å². The van der Waals surface area contributed by atoms with Crippen molar-refractivity contribution in [3.8, 4) is 0 Å². The maximum absolute atomic E-state index is 12.4. The quantitative estimate of drug-likeness (QED) is 0.622. The number of carbonyl (C=O) groups excluding carboxylic acids is 1. The number of carbonyl (C=O) groups is 1.